The molecule has 1 atom stereocenters. The molecular formula is C22H34N4O. The molecule has 1 aromatic heterocycles. The quantitative estimate of drug-likeness (QED) is 0.815. The second kappa shape index (κ2) is 7.78. The Kier molecular flexibility index (Phi) is 5.40. The van der Waals surface area contributed by atoms with Crippen molar-refractivity contribution < 1.29 is 4.79 Å². The van der Waals surface area contributed by atoms with Crippen LogP contribution in [0.2, 0.25) is 0 Å². The van der Waals surface area contributed by atoms with Gasteiger partial charge in [0.2, 0.25) is 5.91 Å². The number of nitrogens with zero attached hydrogens (tertiary/aromatic N) is 4. The zero-order valence-electron chi connectivity index (χ0n) is 17.0. The normalized spacial score (nSPS) is 27.5. The van der Waals surface area contributed by atoms with Gasteiger partial charge in [-0.2, -0.15) is 0 Å². The van der Waals surface area contributed by atoms with Gasteiger partial charge in [-0.25, -0.2) is 4.98 Å². The van der Waals surface area contributed by atoms with Crippen molar-refractivity contribution in [3.8, 4) is 0 Å². The molecule has 4 rings (SSSR count). The summed E-state index contributed by atoms with van der Waals surface area (Å²) in [4.78, 5) is 24.8. The van der Waals surface area contributed by atoms with Crippen molar-refractivity contribution in [2.45, 2.75) is 64.0 Å². The molecule has 5 nitrogen and oxygen atoms in total. The molecule has 1 spiro atoms. The Balaban J connectivity index is 1.40. The highest BCUT2D eigenvalue weighted by molar-refractivity contribution is 5.84. The van der Waals surface area contributed by atoms with E-state index in [1.54, 1.807) is 0 Å². The largest absolute Gasteiger partial charge is 0.363 e. The van der Waals surface area contributed by atoms with E-state index in [4.69, 9.17) is 0 Å². The molecule has 3 aliphatic rings. The molecule has 0 bridgehead atoms. The lowest BCUT2D eigenvalue weighted by Crippen LogP contribution is -2.54. The van der Waals surface area contributed by atoms with Gasteiger partial charge in [-0.05, 0) is 50.3 Å². The Labute approximate surface area is 163 Å². The van der Waals surface area contributed by atoms with Gasteiger partial charge in [0, 0.05) is 46.0 Å². The van der Waals surface area contributed by atoms with E-state index in [9.17, 15) is 4.79 Å². The van der Waals surface area contributed by atoms with Crippen molar-refractivity contribution in [3.05, 3.63) is 23.9 Å². The molecule has 2 saturated heterocycles. The standard InChI is InChI=1S/C22H34N4O/c1-24(2)20-10-9-18(15-23-20)16-25-14-12-22(17-25)11-6-13-26(21(22)27)19-7-4-3-5-8-19/h9-10,15,19H,3-8,11-14,16-17H2,1-2H3. The lowest BCUT2D eigenvalue weighted by Gasteiger charge is -2.44. The average Bonchev–Trinajstić information content (AvgIpc) is 3.09. The minimum atomic E-state index is -0.118. The smallest absolute Gasteiger partial charge is 0.230 e. The number of hydrogen-bond donors (Lipinski definition) is 0. The van der Waals surface area contributed by atoms with Crippen molar-refractivity contribution in [1.82, 2.24) is 14.8 Å². The number of carbonyl (C=O) groups excluding carboxylic acids is 1. The summed E-state index contributed by atoms with van der Waals surface area (Å²) in [6.45, 7) is 3.84. The van der Waals surface area contributed by atoms with Gasteiger partial charge in [-0.15, -0.1) is 0 Å². The van der Waals surface area contributed by atoms with Crippen LogP contribution in [0.1, 0.15) is 56.9 Å². The summed E-state index contributed by atoms with van der Waals surface area (Å²) < 4.78 is 0. The number of aromatic nitrogens is 1. The summed E-state index contributed by atoms with van der Waals surface area (Å²) >= 11 is 0. The molecule has 3 heterocycles. The summed E-state index contributed by atoms with van der Waals surface area (Å²) in [5, 5.41) is 0. The van der Waals surface area contributed by atoms with Crippen molar-refractivity contribution in [3.63, 3.8) is 0 Å². The number of hydrogen-bond acceptors (Lipinski definition) is 4. The van der Waals surface area contributed by atoms with E-state index in [2.05, 4.69) is 26.9 Å². The minimum Gasteiger partial charge on any atom is -0.363 e. The van der Waals surface area contributed by atoms with E-state index < -0.39 is 0 Å². The predicted octanol–water partition coefficient (Wildman–Crippen LogP) is 3.29. The Hall–Kier alpha value is -1.62. The molecule has 3 fully saturated rings. The molecule has 0 aromatic carbocycles. The first-order chi connectivity index (χ1) is 13.1. The first kappa shape index (κ1) is 18.7. The molecule has 1 aliphatic carbocycles. The second-order valence-electron chi connectivity index (χ2n) is 9.05. The molecule has 2 aliphatic heterocycles. The number of likely N-dealkylation sites (tertiary alicyclic amines) is 2. The van der Waals surface area contributed by atoms with Crippen LogP contribution in [0.15, 0.2) is 18.3 Å². The summed E-state index contributed by atoms with van der Waals surface area (Å²) in [5.41, 5.74) is 1.12. The lowest BCUT2D eigenvalue weighted by molar-refractivity contribution is -0.149. The topological polar surface area (TPSA) is 39.7 Å². The fourth-order valence-electron chi connectivity index (χ4n) is 5.35. The number of amides is 1. The van der Waals surface area contributed by atoms with Crippen molar-refractivity contribution in [2.24, 2.45) is 5.41 Å². The first-order valence-electron chi connectivity index (χ1n) is 10.7. The van der Waals surface area contributed by atoms with Crippen LogP contribution in [-0.2, 0) is 11.3 Å². The minimum absolute atomic E-state index is 0.118. The van der Waals surface area contributed by atoms with E-state index >= 15 is 0 Å². The van der Waals surface area contributed by atoms with Crippen molar-refractivity contribution >= 4 is 11.7 Å². The third-order valence-corrected chi connectivity index (χ3v) is 6.89. The number of anilines is 1. The maximum Gasteiger partial charge on any atom is 0.230 e. The molecule has 1 unspecified atom stereocenters. The van der Waals surface area contributed by atoms with Crippen molar-refractivity contribution in [1.29, 1.82) is 0 Å². The highest BCUT2D eigenvalue weighted by Crippen LogP contribution is 2.42. The Morgan fingerprint density at radius 1 is 1.11 bits per heavy atom. The molecular weight excluding hydrogens is 336 g/mol. The summed E-state index contributed by atoms with van der Waals surface area (Å²) in [6, 6.07) is 4.77. The van der Waals surface area contributed by atoms with Crippen LogP contribution in [-0.4, -0.2) is 60.5 Å². The number of carbonyl (C=O) groups is 1. The zero-order valence-corrected chi connectivity index (χ0v) is 17.0. The number of rotatable bonds is 4. The highest BCUT2D eigenvalue weighted by Gasteiger charge is 2.49. The maximum absolute atomic E-state index is 13.4. The van der Waals surface area contributed by atoms with Gasteiger partial charge in [0.25, 0.3) is 0 Å². The molecule has 148 valence electrons. The van der Waals surface area contributed by atoms with Crippen molar-refractivity contribution in [2.75, 3.05) is 38.6 Å². The third-order valence-electron chi connectivity index (χ3n) is 6.89. The van der Waals surface area contributed by atoms with Crippen LogP contribution in [0.25, 0.3) is 0 Å². The van der Waals surface area contributed by atoms with Gasteiger partial charge >= 0.3 is 0 Å². The van der Waals surface area contributed by atoms with Gasteiger partial charge in [0.15, 0.2) is 0 Å². The van der Waals surface area contributed by atoms with Gasteiger partial charge in [-0.3, -0.25) is 9.69 Å². The average molecular weight is 371 g/mol. The molecule has 1 amide bonds. The Morgan fingerprint density at radius 2 is 1.93 bits per heavy atom. The van der Waals surface area contributed by atoms with E-state index in [1.165, 1.54) is 44.1 Å². The molecule has 5 heteroatoms. The van der Waals surface area contributed by atoms with E-state index in [0.717, 1.165) is 44.8 Å². The molecule has 27 heavy (non-hydrogen) atoms. The number of pyridine rings is 1. The Morgan fingerprint density at radius 3 is 2.63 bits per heavy atom. The molecule has 1 aromatic rings. The van der Waals surface area contributed by atoms with Crippen LogP contribution in [0.5, 0.6) is 0 Å². The lowest BCUT2D eigenvalue weighted by atomic mass is 9.77. The predicted molar refractivity (Wildman–Crippen MR) is 109 cm³/mol. The summed E-state index contributed by atoms with van der Waals surface area (Å²) in [5.74, 6) is 1.45. The summed E-state index contributed by atoms with van der Waals surface area (Å²) in [6.07, 6.45) is 11.6. The van der Waals surface area contributed by atoms with E-state index in [1.807, 2.05) is 25.2 Å². The first-order valence-corrected chi connectivity index (χ1v) is 10.7. The molecule has 1 saturated carbocycles. The maximum atomic E-state index is 13.4. The summed E-state index contributed by atoms with van der Waals surface area (Å²) in [7, 11) is 4.03. The van der Waals surface area contributed by atoms with Crippen LogP contribution < -0.4 is 4.90 Å². The molecule has 0 N–H and O–H groups in total. The number of piperidine rings is 1. The SMILES string of the molecule is CN(C)c1ccc(CN2CCC3(CCCN(C4CCCCC4)C3=O)C2)cn1. The second-order valence-corrected chi connectivity index (χ2v) is 9.05. The van der Waals surface area contributed by atoms with Crippen LogP contribution in [0.4, 0.5) is 5.82 Å². The van der Waals surface area contributed by atoms with Gasteiger partial charge in [-0.1, -0.05) is 25.3 Å². The van der Waals surface area contributed by atoms with Gasteiger partial charge in [0.05, 0.1) is 5.41 Å². The Bertz CT molecular complexity index is 653. The van der Waals surface area contributed by atoms with Gasteiger partial charge < -0.3 is 9.80 Å². The van der Waals surface area contributed by atoms with Gasteiger partial charge in [0.1, 0.15) is 5.82 Å². The fraction of sp³-hybridized carbons (Fsp3) is 0.727. The zero-order chi connectivity index (χ0) is 18.9. The third kappa shape index (κ3) is 3.84. The monoisotopic (exact) mass is 370 g/mol. The molecule has 0 radical (unpaired) electrons. The van der Waals surface area contributed by atoms with E-state index in [-0.39, 0.29) is 5.41 Å². The van der Waals surface area contributed by atoms with Crippen LogP contribution in [0.3, 0.4) is 0 Å². The van der Waals surface area contributed by atoms with Crippen LogP contribution in [0, 0.1) is 5.41 Å². The van der Waals surface area contributed by atoms with Crippen LogP contribution >= 0.6 is 0 Å². The van der Waals surface area contributed by atoms with E-state index in [0.29, 0.717) is 11.9 Å². The highest BCUT2D eigenvalue weighted by atomic mass is 16.2. The fourth-order valence-corrected chi connectivity index (χ4v) is 5.35.